The third-order valence-corrected chi connectivity index (χ3v) is 3.62. The van der Waals surface area contributed by atoms with Crippen molar-refractivity contribution < 1.29 is 19.4 Å². The lowest BCUT2D eigenvalue weighted by molar-refractivity contribution is -0.0665. The Kier molecular flexibility index (Phi) is 5.59. The molecular weight excluding hydrogens is 300 g/mol. The molecular formula is C15H26N4O4. The molecule has 1 amide bonds. The van der Waals surface area contributed by atoms with E-state index in [1.54, 1.807) is 9.58 Å². The van der Waals surface area contributed by atoms with Gasteiger partial charge in [0.25, 0.3) is 0 Å². The number of nitrogens with zero attached hydrogens (tertiary/aromatic N) is 4. The summed E-state index contributed by atoms with van der Waals surface area (Å²) in [5, 5.41) is 14.7. The van der Waals surface area contributed by atoms with Crippen LogP contribution in [0, 0.1) is 0 Å². The molecule has 0 radical (unpaired) electrons. The van der Waals surface area contributed by atoms with Crippen LogP contribution in [0.5, 0.6) is 0 Å². The fraction of sp³-hybridized carbons (Fsp3) is 0.800. The highest BCUT2D eigenvalue weighted by Crippen LogP contribution is 2.18. The van der Waals surface area contributed by atoms with E-state index in [2.05, 4.69) is 10.1 Å². The lowest BCUT2D eigenvalue weighted by Crippen LogP contribution is -2.55. The first-order valence-corrected chi connectivity index (χ1v) is 7.94. The summed E-state index contributed by atoms with van der Waals surface area (Å²) < 4.78 is 12.6. The van der Waals surface area contributed by atoms with Crippen molar-refractivity contribution in [2.45, 2.75) is 58.4 Å². The number of ether oxygens (including phenoxy) is 2. The monoisotopic (exact) mass is 326 g/mol. The highest BCUT2D eigenvalue weighted by atomic mass is 16.6. The van der Waals surface area contributed by atoms with Gasteiger partial charge in [-0.05, 0) is 27.7 Å². The summed E-state index contributed by atoms with van der Waals surface area (Å²) >= 11 is 0. The highest BCUT2D eigenvalue weighted by Gasteiger charge is 2.35. The normalized spacial score (nSPS) is 20.4. The number of carbonyl (C=O) groups excluding carboxylic acids is 1. The number of carbonyl (C=O) groups is 1. The molecule has 23 heavy (non-hydrogen) atoms. The Balaban J connectivity index is 2.06. The van der Waals surface area contributed by atoms with E-state index in [4.69, 9.17) is 9.47 Å². The van der Waals surface area contributed by atoms with E-state index in [9.17, 15) is 9.90 Å². The van der Waals surface area contributed by atoms with E-state index in [1.807, 2.05) is 27.7 Å². The molecule has 0 bridgehead atoms. The average molecular weight is 326 g/mol. The van der Waals surface area contributed by atoms with Gasteiger partial charge in [0.05, 0.1) is 25.4 Å². The summed E-state index contributed by atoms with van der Waals surface area (Å²) in [5.41, 5.74) is -0.576. The molecule has 0 spiro atoms. The molecule has 8 heteroatoms. The van der Waals surface area contributed by atoms with Crippen LogP contribution < -0.4 is 0 Å². The predicted octanol–water partition coefficient (Wildman–Crippen LogP) is 0.837. The second-order valence-corrected chi connectivity index (χ2v) is 6.58. The third kappa shape index (κ3) is 4.65. The lowest BCUT2D eigenvalue weighted by Gasteiger charge is -2.38. The predicted molar refractivity (Wildman–Crippen MR) is 83.0 cm³/mol. The molecule has 130 valence electrons. The van der Waals surface area contributed by atoms with Gasteiger partial charge in [-0.2, -0.15) is 5.10 Å². The van der Waals surface area contributed by atoms with E-state index in [1.165, 1.54) is 6.33 Å². The Morgan fingerprint density at radius 2 is 2.30 bits per heavy atom. The molecule has 0 aliphatic carbocycles. The van der Waals surface area contributed by atoms with Crippen molar-refractivity contribution in [3.63, 3.8) is 0 Å². The zero-order valence-electron chi connectivity index (χ0n) is 14.2. The van der Waals surface area contributed by atoms with Crippen LogP contribution >= 0.6 is 0 Å². The van der Waals surface area contributed by atoms with Crippen LogP contribution in [0.2, 0.25) is 0 Å². The molecule has 2 heterocycles. The summed E-state index contributed by atoms with van der Waals surface area (Å²) in [6.45, 7) is 9.22. The first-order chi connectivity index (χ1) is 10.8. The number of hydrogen-bond donors (Lipinski definition) is 1. The Hall–Kier alpha value is -1.67. The fourth-order valence-corrected chi connectivity index (χ4v) is 2.52. The second-order valence-electron chi connectivity index (χ2n) is 6.58. The topological polar surface area (TPSA) is 89.7 Å². The minimum atomic E-state index is -0.794. The molecule has 1 aromatic heterocycles. The number of aliphatic hydroxyl groups excluding tert-OH is 1. The number of amides is 1. The average Bonchev–Trinajstić information content (AvgIpc) is 2.92. The quantitative estimate of drug-likeness (QED) is 0.882. The Morgan fingerprint density at radius 1 is 1.57 bits per heavy atom. The second kappa shape index (κ2) is 7.27. The summed E-state index contributed by atoms with van der Waals surface area (Å²) in [6.07, 6.45) is 0.551. The van der Waals surface area contributed by atoms with Gasteiger partial charge in [0.15, 0.2) is 0 Å². The van der Waals surface area contributed by atoms with Crippen molar-refractivity contribution in [1.82, 2.24) is 19.7 Å². The molecule has 2 unspecified atom stereocenters. The van der Waals surface area contributed by atoms with Crippen molar-refractivity contribution in [3.8, 4) is 0 Å². The molecule has 1 aliphatic heterocycles. The molecule has 2 atom stereocenters. The summed E-state index contributed by atoms with van der Waals surface area (Å²) in [6, 6.07) is -0.458. The number of aromatic nitrogens is 3. The van der Waals surface area contributed by atoms with Gasteiger partial charge < -0.3 is 14.6 Å². The largest absolute Gasteiger partial charge is 0.444 e. The van der Waals surface area contributed by atoms with E-state index < -0.39 is 23.8 Å². The summed E-state index contributed by atoms with van der Waals surface area (Å²) in [5.74, 6) is 0.690. The number of hydrogen-bond acceptors (Lipinski definition) is 6. The van der Waals surface area contributed by atoms with Crippen LogP contribution in [-0.4, -0.2) is 68.4 Å². The minimum Gasteiger partial charge on any atom is -0.444 e. The molecule has 1 fully saturated rings. The lowest BCUT2D eigenvalue weighted by atomic mass is 10.1. The molecule has 8 nitrogen and oxygen atoms in total. The summed E-state index contributed by atoms with van der Waals surface area (Å²) in [4.78, 5) is 18.1. The molecule has 2 rings (SSSR count). The maximum Gasteiger partial charge on any atom is 0.410 e. The van der Waals surface area contributed by atoms with Gasteiger partial charge in [-0.3, -0.25) is 9.58 Å². The van der Waals surface area contributed by atoms with Gasteiger partial charge in [0.2, 0.25) is 0 Å². The van der Waals surface area contributed by atoms with Crippen molar-refractivity contribution in [3.05, 3.63) is 12.2 Å². The number of aryl methyl sites for hydroxylation is 1. The molecule has 0 aromatic carbocycles. The number of aliphatic hydroxyl groups is 1. The minimum absolute atomic E-state index is 0.278. The highest BCUT2D eigenvalue weighted by molar-refractivity contribution is 5.68. The van der Waals surface area contributed by atoms with Crippen LogP contribution in [0.15, 0.2) is 6.33 Å². The molecule has 1 aliphatic rings. The third-order valence-electron chi connectivity index (χ3n) is 3.62. The van der Waals surface area contributed by atoms with Gasteiger partial charge in [0.1, 0.15) is 17.8 Å². The van der Waals surface area contributed by atoms with E-state index >= 15 is 0 Å². The zero-order chi connectivity index (χ0) is 17.0. The number of morpholine rings is 1. The Morgan fingerprint density at radius 3 is 2.96 bits per heavy atom. The smallest absolute Gasteiger partial charge is 0.410 e. The van der Waals surface area contributed by atoms with Crippen LogP contribution in [0.3, 0.4) is 0 Å². The Bertz CT molecular complexity index is 526. The first kappa shape index (κ1) is 17.7. The van der Waals surface area contributed by atoms with Crippen molar-refractivity contribution in [1.29, 1.82) is 0 Å². The van der Waals surface area contributed by atoms with E-state index in [0.717, 1.165) is 0 Å². The molecule has 1 aromatic rings. The Labute approximate surface area is 136 Å². The molecule has 1 saturated heterocycles. The van der Waals surface area contributed by atoms with Gasteiger partial charge in [-0.25, -0.2) is 9.78 Å². The molecule has 1 N–H and O–H groups in total. The zero-order valence-corrected chi connectivity index (χ0v) is 14.2. The van der Waals surface area contributed by atoms with Gasteiger partial charge in [-0.1, -0.05) is 0 Å². The maximum atomic E-state index is 12.4. The molecule has 0 saturated carbocycles. The van der Waals surface area contributed by atoms with Crippen LogP contribution in [0.1, 0.15) is 33.5 Å². The van der Waals surface area contributed by atoms with Crippen molar-refractivity contribution in [2.75, 3.05) is 19.8 Å². The van der Waals surface area contributed by atoms with Gasteiger partial charge in [-0.15, -0.1) is 0 Å². The van der Waals surface area contributed by atoms with E-state index in [-0.39, 0.29) is 6.61 Å². The van der Waals surface area contributed by atoms with E-state index in [0.29, 0.717) is 31.9 Å². The van der Waals surface area contributed by atoms with Crippen LogP contribution in [0.4, 0.5) is 4.79 Å². The van der Waals surface area contributed by atoms with Gasteiger partial charge in [0, 0.05) is 19.5 Å². The van der Waals surface area contributed by atoms with Crippen LogP contribution in [0.25, 0.3) is 0 Å². The fourth-order valence-electron chi connectivity index (χ4n) is 2.52. The summed E-state index contributed by atoms with van der Waals surface area (Å²) in [7, 11) is 0. The first-order valence-electron chi connectivity index (χ1n) is 7.94. The SMILES string of the molecule is CCn1ncnc1CC(O)C1COCCN1C(=O)OC(C)(C)C. The standard InChI is InChI=1S/C15H26N4O4/c1-5-19-13(16-10-17-19)8-12(20)11-9-22-7-6-18(11)14(21)23-15(2,3)4/h10-12,20H,5-9H2,1-4H3. The van der Waals surface area contributed by atoms with Crippen molar-refractivity contribution in [2.24, 2.45) is 0 Å². The van der Waals surface area contributed by atoms with Gasteiger partial charge >= 0.3 is 6.09 Å². The maximum absolute atomic E-state index is 12.4. The van der Waals surface area contributed by atoms with Crippen molar-refractivity contribution >= 4 is 6.09 Å². The van der Waals surface area contributed by atoms with Crippen LogP contribution in [-0.2, 0) is 22.4 Å². The number of rotatable bonds is 4.